The summed E-state index contributed by atoms with van der Waals surface area (Å²) in [6.07, 6.45) is 2.41. The summed E-state index contributed by atoms with van der Waals surface area (Å²) in [4.78, 5) is 16.0. The first kappa shape index (κ1) is 14.6. The molecule has 0 saturated carbocycles. The molecule has 0 aliphatic carbocycles. The maximum absolute atomic E-state index is 11.8. The Hall–Kier alpha value is -1.46. The van der Waals surface area contributed by atoms with Crippen LogP contribution in [0, 0.1) is 6.92 Å². The summed E-state index contributed by atoms with van der Waals surface area (Å²) in [6, 6.07) is 3.61. The van der Waals surface area contributed by atoms with Crippen LogP contribution in [0.25, 0.3) is 0 Å². The number of aryl methyl sites for hydroxylation is 1. The number of aliphatic hydroxyl groups excluding tert-OH is 1. The third-order valence-corrected chi connectivity index (χ3v) is 2.66. The Labute approximate surface area is 107 Å². The highest BCUT2D eigenvalue weighted by atomic mass is 16.5. The Morgan fingerprint density at radius 2 is 2.39 bits per heavy atom. The first-order valence-electron chi connectivity index (χ1n) is 5.97. The van der Waals surface area contributed by atoms with Gasteiger partial charge in [-0.05, 0) is 25.0 Å². The molecule has 0 aliphatic rings. The van der Waals surface area contributed by atoms with E-state index in [0.717, 1.165) is 11.3 Å². The van der Waals surface area contributed by atoms with Crippen LogP contribution in [-0.2, 0) is 16.0 Å². The van der Waals surface area contributed by atoms with Gasteiger partial charge < -0.3 is 15.2 Å². The van der Waals surface area contributed by atoms with Crippen LogP contribution in [0.3, 0.4) is 0 Å². The van der Waals surface area contributed by atoms with Gasteiger partial charge in [-0.2, -0.15) is 0 Å². The van der Waals surface area contributed by atoms with E-state index in [9.17, 15) is 4.79 Å². The number of pyridine rings is 1. The molecular weight excluding hydrogens is 232 g/mol. The standard InChI is InChI=1S/C13H20N2O3/c1-10-4-3-6-14-12(10)8-13(17)15-11(5-7-16)9-18-2/h3-4,6,11,16H,5,7-9H2,1-2H3,(H,15,17). The molecule has 1 heterocycles. The van der Waals surface area contributed by atoms with Gasteiger partial charge in [-0.3, -0.25) is 9.78 Å². The minimum absolute atomic E-state index is 0.0247. The minimum Gasteiger partial charge on any atom is -0.396 e. The normalized spacial score (nSPS) is 12.2. The number of ether oxygens (including phenoxy) is 1. The zero-order valence-corrected chi connectivity index (χ0v) is 10.8. The first-order chi connectivity index (χ1) is 8.67. The molecule has 2 N–H and O–H groups in total. The molecule has 100 valence electrons. The van der Waals surface area contributed by atoms with Crippen molar-refractivity contribution < 1.29 is 14.6 Å². The summed E-state index contributed by atoms with van der Waals surface area (Å²) in [6.45, 7) is 2.35. The van der Waals surface area contributed by atoms with Crippen molar-refractivity contribution in [3.8, 4) is 0 Å². The van der Waals surface area contributed by atoms with Gasteiger partial charge in [0, 0.05) is 19.9 Å². The fraction of sp³-hybridized carbons (Fsp3) is 0.538. The maximum atomic E-state index is 11.8. The van der Waals surface area contributed by atoms with Crippen LogP contribution in [-0.4, -0.2) is 42.4 Å². The van der Waals surface area contributed by atoms with E-state index in [-0.39, 0.29) is 25.0 Å². The SMILES string of the molecule is COCC(CCO)NC(=O)Cc1ncccc1C. The van der Waals surface area contributed by atoms with E-state index in [1.165, 1.54) is 0 Å². The van der Waals surface area contributed by atoms with Crippen molar-refractivity contribution in [2.24, 2.45) is 0 Å². The van der Waals surface area contributed by atoms with E-state index in [1.54, 1.807) is 13.3 Å². The zero-order valence-electron chi connectivity index (χ0n) is 10.8. The van der Waals surface area contributed by atoms with E-state index in [4.69, 9.17) is 9.84 Å². The second-order valence-electron chi connectivity index (χ2n) is 4.18. The molecule has 0 spiro atoms. The number of aromatic nitrogens is 1. The summed E-state index contributed by atoms with van der Waals surface area (Å²) in [5, 5.41) is 11.7. The molecule has 0 aliphatic heterocycles. The topological polar surface area (TPSA) is 71.5 Å². The third kappa shape index (κ3) is 4.81. The van der Waals surface area contributed by atoms with E-state index in [2.05, 4.69) is 10.3 Å². The molecule has 1 rings (SSSR count). The number of methoxy groups -OCH3 is 1. The van der Waals surface area contributed by atoms with Crippen LogP contribution >= 0.6 is 0 Å². The predicted molar refractivity (Wildman–Crippen MR) is 68.2 cm³/mol. The number of hydrogen-bond acceptors (Lipinski definition) is 4. The van der Waals surface area contributed by atoms with Gasteiger partial charge in [0.2, 0.25) is 5.91 Å². The maximum Gasteiger partial charge on any atom is 0.226 e. The van der Waals surface area contributed by atoms with E-state index >= 15 is 0 Å². The lowest BCUT2D eigenvalue weighted by atomic mass is 10.1. The molecule has 0 bridgehead atoms. The molecule has 0 saturated heterocycles. The molecule has 1 aromatic heterocycles. The Bertz CT molecular complexity index is 376. The highest BCUT2D eigenvalue weighted by molar-refractivity contribution is 5.78. The number of nitrogens with zero attached hydrogens (tertiary/aromatic N) is 1. The number of carbonyl (C=O) groups excluding carboxylic acids is 1. The second-order valence-corrected chi connectivity index (χ2v) is 4.18. The first-order valence-corrected chi connectivity index (χ1v) is 5.97. The lowest BCUT2D eigenvalue weighted by molar-refractivity contribution is -0.121. The number of rotatable bonds is 7. The van der Waals surface area contributed by atoms with Crippen molar-refractivity contribution in [1.29, 1.82) is 0 Å². The van der Waals surface area contributed by atoms with E-state index in [0.29, 0.717) is 13.0 Å². The summed E-state index contributed by atoms with van der Waals surface area (Å²) < 4.78 is 4.99. The van der Waals surface area contributed by atoms with Crippen molar-refractivity contribution in [2.75, 3.05) is 20.3 Å². The smallest absolute Gasteiger partial charge is 0.226 e. The highest BCUT2D eigenvalue weighted by Crippen LogP contribution is 2.04. The van der Waals surface area contributed by atoms with Crippen LogP contribution < -0.4 is 5.32 Å². The summed E-state index contributed by atoms with van der Waals surface area (Å²) in [5.74, 6) is -0.104. The Kier molecular flexibility index (Phi) is 6.32. The number of nitrogens with one attached hydrogen (secondary N) is 1. The van der Waals surface area contributed by atoms with E-state index in [1.807, 2.05) is 19.1 Å². The molecule has 1 aromatic rings. The third-order valence-electron chi connectivity index (χ3n) is 2.66. The number of aliphatic hydroxyl groups is 1. The van der Waals surface area contributed by atoms with Crippen LogP contribution in [0.2, 0.25) is 0 Å². The van der Waals surface area contributed by atoms with E-state index < -0.39 is 0 Å². The summed E-state index contributed by atoms with van der Waals surface area (Å²) in [7, 11) is 1.57. The van der Waals surface area contributed by atoms with Gasteiger partial charge in [-0.1, -0.05) is 6.07 Å². The molecule has 5 nitrogen and oxygen atoms in total. The van der Waals surface area contributed by atoms with Gasteiger partial charge in [-0.25, -0.2) is 0 Å². The fourth-order valence-corrected chi connectivity index (χ4v) is 1.69. The molecule has 1 unspecified atom stereocenters. The number of hydrogen-bond donors (Lipinski definition) is 2. The number of carbonyl (C=O) groups is 1. The van der Waals surface area contributed by atoms with Crippen molar-refractivity contribution in [3.05, 3.63) is 29.6 Å². The quantitative estimate of drug-likeness (QED) is 0.739. The Morgan fingerprint density at radius 1 is 1.61 bits per heavy atom. The molecule has 5 heteroatoms. The van der Waals surface area contributed by atoms with Crippen LogP contribution in [0.1, 0.15) is 17.7 Å². The highest BCUT2D eigenvalue weighted by Gasteiger charge is 2.13. The lowest BCUT2D eigenvalue weighted by Crippen LogP contribution is -2.39. The van der Waals surface area contributed by atoms with Crippen molar-refractivity contribution >= 4 is 5.91 Å². The van der Waals surface area contributed by atoms with Gasteiger partial charge in [0.05, 0.1) is 24.8 Å². The average Bonchev–Trinajstić information content (AvgIpc) is 2.33. The average molecular weight is 252 g/mol. The lowest BCUT2D eigenvalue weighted by Gasteiger charge is -2.16. The zero-order chi connectivity index (χ0) is 13.4. The van der Waals surface area contributed by atoms with Gasteiger partial charge >= 0.3 is 0 Å². The molecule has 1 amide bonds. The molecule has 0 fully saturated rings. The van der Waals surface area contributed by atoms with Crippen LogP contribution in [0.4, 0.5) is 0 Å². The Morgan fingerprint density at radius 3 is 3.00 bits per heavy atom. The molecule has 18 heavy (non-hydrogen) atoms. The molecule has 0 aromatic carbocycles. The van der Waals surface area contributed by atoms with Gasteiger partial charge in [0.25, 0.3) is 0 Å². The fourth-order valence-electron chi connectivity index (χ4n) is 1.69. The molecule has 1 atom stereocenters. The molecule has 0 radical (unpaired) electrons. The van der Waals surface area contributed by atoms with Crippen molar-refractivity contribution in [3.63, 3.8) is 0 Å². The Balaban J connectivity index is 2.52. The predicted octanol–water partition coefficient (Wildman–Crippen LogP) is 0.446. The minimum atomic E-state index is -0.156. The summed E-state index contributed by atoms with van der Waals surface area (Å²) in [5.41, 5.74) is 1.77. The monoisotopic (exact) mass is 252 g/mol. The molecular formula is C13H20N2O3. The van der Waals surface area contributed by atoms with Gasteiger partial charge in [0.15, 0.2) is 0 Å². The van der Waals surface area contributed by atoms with Crippen LogP contribution in [0.15, 0.2) is 18.3 Å². The second kappa shape index (κ2) is 7.79. The largest absolute Gasteiger partial charge is 0.396 e. The van der Waals surface area contributed by atoms with Crippen LogP contribution in [0.5, 0.6) is 0 Å². The summed E-state index contributed by atoms with van der Waals surface area (Å²) >= 11 is 0. The van der Waals surface area contributed by atoms with Crippen molar-refractivity contribution in [2.45, 2.75) is 25.8 Å². The van der Waals surface area contributed by atoms with Gasteiger partial charge in [-0.15, -0.1) is 0 Å². The van der Waals surface area contributed by atoms with Crippen molar-refractivity contribution in [1.82, 2.24) is 10.3 Å². The van der Waals surface area contributed by atoms with Gasteiger partial charge in [0.1, 0.15) is 0 Å². The number of amides is 1.